The van der Waals surface area contributed by atoms with Crippen LogP contribution < -0.4 is 5.73 Å². The minimum Gasteiger partial charge on any atom is -0.395 e. The zero-order chi connectivity index (χ0) is 9.30. The lowest BCUT2D eigenvalue weighted by atomic mass is 10.3. The van der Waals surface area contributed by atoms with Gasteiger partial charge in [0.15, 0.2) is 11.6 Å². The highest BCUT2D eigenvalue weighted by Gasteiger charge is 2.18. The highest BCUT2D eigenvalue weighted by atomic mass is 19.3. The molecule has 1 heterocycles. The third-order valence-electron chi connectivity index (χ3n) is 1.25. The summed E-state index contributed by atoms with van der Waals surface area (Å²) in [6.07, 6.45) is -2.63. The number of halogens is 4. The van der Waals surface area contributed by atoms with Crippen molar-refractivity contribution in [3.05, 3.63) is 23.5 Å². The Kier molecular flexibility index (Phi) is 2.16. The lowest BCUT2D eigenvalue weighted by molar-refractivity contribution is 0.146. The number of nitrogens with two attached hydrogens (primary N) is 1. The van der Waals surface area contributed by atoms with E-state index in [2.05, 4.69) is 4.98 Å². The lowest BCUT2D eigenvalue weighted by Gasteiger charge is -2.03. The summed E-state index contributed by atoms with van der Waals surface area (Å²) in [5.41, 5.74) is 2.95. The zero-order valence-electron chi connectivity index (χ0n) is 5.69. The van der Waals surface area contributed by atoms with E-state index in [0.29, 0.717) is 6.20 Å². The number of rotatable bonds is 1. The van der Waals surface area contributed by atoms with Gasteiger partial charge in [-0.1, -0.05) is 0 Å². The number of hydrogen-bond acceptors (Lipinski definition) is 2. The molecule has 1 aromatic rings. The van der Waals surface area contributed by atoms with Gasteiger partial charge < -0.3 is 5.73 Å². The van der Waals surface area contributed by atoms with Crippen molar-refractivity contribution in [3.8, 4) is 0 Å². The summed E-state index contributed by atoms with van der Waals surface area (Å²) < 4.78 is 48.6. The maximum Gasteiger partial charge on any atom is 0.282 e. The molecule has 2 nitrogen and oxygen atoms in total. The summed E-state index contributed by atoms with van der Waals surface area (Å²) in [6.45, 7) is 0. The Morgan fingerprint density at radius 2 is 1.92 bits per heavy atom. The van der Waals surface area contributed by atoms with Gasteiger partial charge in [0, 0.05) is 0 Å². The van der Waals surface area contributed by atoms with Gasteiger partial charge in [0.05, 0.1) is 11.9 Å². The van der Waals surface area contributed by atoms with E-state index in [1.807, 2.05) is 0 Å². The SMILES string of the molecule is Nc1c(C(F)F)ncc(F)c1F. The number of nitrogens with zero attached hydrogens (tertiary/aromatic N) is 1. The van der Waals surface area contributed by atoms with Gasteiger partial charge in [-0.05, 0) is 0 Å². The van der Waals surface area contributed by atoms with Crippen molar-refractivity contribution in [2.75, 3.05) is 5.73 Å². The van der Waals surface area contributed by atoms with Crippen LogP contribution in [0.2, 0.25) is 0 Å². The van der Waals surface area contributed by atoms with Gasteiger partial charge >= 0.3 is 0 Å². The van der Waals surface area contributed by atoms with E-state index in [1.54, 1.807) is 0 Å². The van der Waals surface area contributed by atoms with E-state index in [1.165, 1.54) is 0 Å². The van der Waals surface area contributed by atoms with E-state index < -0.39 is 29.4 Å². The van der Waals surface area contributed by atoms with E-state index >= 15 is 0 Å². The Hall–Kier alpha value is -1.33. The van der Waals surface area contributed by atoms with Crippen LogP contribution in [0.1, 0.15) is 12.1 Å². The van der Waals surface area contributed by atoms with Crippen molar-refractivity contribution in [1.82, 2.24) is 4.98 Å². The Morgan fingerprint density at radius 3 is 2.42 bits per heavy atom. The summed E-state index contributed by atoms with van der Waals surface area (Å²) in [5, 5.41) is 0. The molecule has 0 fully saturated rings. The zero-order valence-corrected chi connectivity index (χ0v) is 5.69. The van der Waals surface area contributed by atoms with Crippen molar-refractivity contribution < 1.29 is 17.6 Å². The first kappa shape index (κ1) is 8.76. The summed E-state index contributed by atoms with van der Waals surface area (Å²) in [5.74, 6) is -2.82. The number of hydrogen-bond donors (Lipinski definition) is 1. The quantitative estimate of drug-likeness (QED) is 0.670. The number of aromatic nitrogens is 1. The lowest BCUT2D eigenvalue weighted by Crippen LogP contribution is -2.03. The van der Waals surface area contributed by atoms with Crippen LogP contribution in [0.5, 0.6) is 0 Å². The molecule has 6 heteroatoms. The van der Waals surface area contributed by atoms with Gasteiger partial charge in [0.2, 0.25) is 0 Å². The normalized spacial score (nSPS) is 10.8. The fraction of sp³-hybridized carbons (Fsp3) is 0.167. The fourth-order valence-corrected chi connectivity index (χ4v) is 0.667. The molecule has 1 rings (SSSR count). The molecule has 0 atom stereocenters. The highest BCUT2D eigenvalue weighted by Crippen LogP contribution is 2.25. The van der Waals surface area contributed by atoms with Crippen molar-refractivity contribution >= 4 is 5.69 Å². The summed E-state index contributed by atoms with van der Waals surface area (Å²) in [7, 11) is 0. The van der Waals surface area contributed by atoms with Crippen LogP contribution in [0.4, 0.5) is 23.2 Å². The summed E-state index contributed by atoms with van der Waals surface area (Å²) in [4.78, 5) is 2.95. The second kappa shape index (κ2) is 2.96. The molecular formula is C6H4F4N2. The molecule has 66 valence electrons. The topological polar surface area (TPSA) is 38.9 Å². The molecule has 0 unspecified atom stereocenters. The third kappa shape index (κ3) is 1.32. The van der Waals surface area contributed by atoms with Crippen molar-refractivity contribution in [2.45, 2.75) is 6.43 Å². The van der Waals surface area contributed by atoms with Gasteiger partial charge in [0.1, 0.15) is 5.69 Å². The Morgan fingerprint density at radius 1 is 1.33 bits per heavy atom. The van der Waals surface area contributed by atoms with E-state index in [9.17, 15) is 17.6 Å². The van der Waals surface area contributed by atoms with Crippen molar-refractivity contribution in [3.63, 3.8) is 0 Å². The van der Waals surface area contributed by atoms with Crippen LogP contribution in [-0.2, 0) is 0 Å². The standard InChI is InChI=1S/C6H4F4N2/c7-2-1-12-5(6(9)10)4(11)3(2)8/h1,6H,11H2. The van der Waals surface area contributed by atoms with Gasteiger partial charge in [-0.15, -0.1) is 0 Å². The molecule has 0 aliphatic carbocycles. The van der Waals surface area contributed by atoms with Crippen LogP contribution >= 0.6 is 0 Å². The average molecular weight is 180 g/mol. The minimum absolute atomic E-state index is 0.368. The third-order valence-corrected chi connectivity index (χ3v) is 1.25. The van der Waals surface area contributed by atoms with Crippen LogP contribution in [0.3, 0.4) is 0 Å². The Bertz CT molecular complexity index is 300. The molecule has 2 N–H and O–H groups in total. The smallest absolute Gasteiger partial charge is 0.282 e. The summed E-state index contributed by atoms with van der Waals surface area (Å²) >= 11 is 0. The molecule has 1 aromatic heterocycles. The molecule has 0 aromatic carbocycles. The second-order valence-electron chi connectivity index (χ2n) is 2.02. The molecule has 0 bridgehead atoms. The molecular weight excluding hydrogens is 176 g/mol. The maximum absolute atomic E-state index is 12.5. The second-order valence-corrected chi connectivity index (χ2v) is 2.02. The van der Waals surface area contributed by atoms with E-state index in [4.69, 9.17) is 5.73 Å². The van der Waals surface area contributed by atoms with Gasteiger partial charge in [0.25, 0.3) is 6.43 Å². The number of nitrogen functional groups attached to an aromatic ring is 1. The first-order valence-electron chi connectivity index (χ1n) is 2.91. The van der Waals surface area contributed by atoms with Crippen molar-refractivity contribution in [2.24, 2.45) is 0 Å². The number of alkyl halides is 2. The molecule has 0 saturated heterocycles. The average Bonchev–Trinajstić information content (AvgIpc) is 2.00. The number of anilines is 1. The monoisotopic (exact) mass is 180 g/mol. The highest BCUT2D eigenvalue weighted by molar-refractivity contribution is 5.44. The van der Waals surface area contributed by atoms with E-state index in [-0.39, 0.29) is 0 Å². The first-order chi connectivity index (χ1) is 5.54. The van der Waals surface area contributed by atoms with Crippen molar-refractivity contribution in [1.29, 1.82) is 0 Å². The van der Waals surface area contributed by atoms with Crippen LogP contribution in [-0.4, -0.2) is 4.98 Å². The summed E-state index contributed by atoms with van der Waals surface area (Å²) in [6, 6.07) is 0. The van der Waals surface area contributed by atoms with Gasteiger partial charge in [-0.3, -0.25) is 0 Å². The molecule has 0 radical (unpaired) electrons. The van der Waals surface area contributed by atoms with Crippen LogP contribution in [0.25, 0.3) is 0 Å². The molecule has 0 amide bonds. The van der Waals surface area contributed by atoms with E-state index in [0.717, 1.165) is 0 Å². The Balaban J connectivity index is 3.27. The molecule has 12 heavy (non-hydrogen) atoms. The maximum atomic E-state index is 12.5. The predicted octanol–water partition coefficient (Wildman–Crippen LogP) is 1.88. The fourth-order valence-electron chi connectivity index (χ4n) is 0.667. The predicted molar refractivity (Wildman–Crippen MR) is 33.5 cm³/mol. The first-order valence-corrected chi connectivity index (χ1v) is 2.91. The molecule has 0 saturated carbocycles. The molecule has 0 spiro atoms. The minimum atomic E-state index is -3.00. The number of pyridine rings is 1. The largest absolute Gasteiger partial charge is 0.395 e. The van der Waals surface area contributed by atoms with Gasteiger partial charge in [-0.2, -0.15) is 0 Å². The van der Waals surface area contributed by atoms with Crippen LogP contribution in [0, 0.1) is 11.6 Å². The van der Waals surface area contributed by atoms with Crippen LogP contribution in [0.15, 0.2) is 6.20 Å². The molecule has 0 aliphatic rings. The Labute approximate surface area is 65.0 Å². The van der Waals surface area contributed by atoms with Gasteiger partial charge in [-0.25, -0.2) is 22.5 Å². The molecule has 0 aliphatic heterocycles.